The third-order valence-electron chi connectivity index (χ3n) is 3.23. The summed E-state index contributed by atoms with van der Waals surface area (Å²) in [5.41, 5.74) is 0. The van der Waals surface area contributed by atoms with E-state index in [0.29, 0.717) is 0 Å². The zero-order valence-corrected chi connectivity index (χ0v) is 14.2. The van der Waals surface area contributed by atoms with E-state index in [0.717, 1.165) is 6.42 Å². The van der Waals surface area contributed by atoms with E-state index in [1.54, 1.807) is 6.08 Å². The second kappa shape index (κ2) is 11.5. The van der Waals surface area contributed by atoms with Gasteiger partial charge < -0.3 is 5.11 Å². The molecule has 0 amide bonds. The van der Waals surface area contributed by atoms with Crippen molar-refractivity contribution in [2.75, 3.05) is 18.1 Å². The lowest BCUT2D eigenvalue weighted by Crippen LogP contribution is -2.21. The first-order chi connectivity index (χ1) is 9.83. The zero-order chi connectivity index (χ0) is 14.5. The number of rotatable bonds is 9. The van der Waals surface area contributed by atoms with Crippen molar-refractivity contribution in [1.29, 1.82) is 0 Å². The molecule has 0 bridgehead atoms. The molecular formula is C17H28OS2. The maximum atomic E-state index is 8.77. The van der Waals surface area contributed by atoms with Crippen LogP contribution in [0.4, 0.5) is 0 Å². The Kier molecular flexibility index (Phi) is 10.3. The summed E-state index contributed by atoms with van der Waals surface area (Å²) in [7, 11) is 0. The molecule has 0 unspecified atom stereocenters. The van der Waals surface area contributed by atoms with Crippen LogP contribution in [0.3, 0.4) is 0 Å². The Labute approximate surface area is 133 Å². The third-order valence-corrected chi connectivity index (χ3v) is 6.50. The lowest BCUT2D eigenvalue weighted by atomic mass is 10.2. The smallest absolute Gasteiger partial charge is 0.0828 e. The third kappa shape index (κ3) is 7.61. The fourth-order valence-electron chi connectivity index (χ4n) is 2.09. The molecule has 0 radical (unpaired) electrons. The highest BCUT2D eigenvalue weighted by Gasteiger charge is 2.29. The van der Waals surface area contributed by atoms with Crippen molar-refractivity contribution < 1.29 is 5.11 Å². The maximum Gasteiger partial charge on any atom is 0.0828 e. The molecule has 1 heterocycles. The Balaban J connectivity index is 2.46. The first-order valence-corrected chi connectivity index (χ1v) is 9.68. The average molecular weight is 313 g/mol. The van der Waals surface area contributed by atoms with Crippen LogP contribution >= 0.6 is 23.5 Å². The van der Waals surface area contributed by atoms with E-state index >= 15 is 0 Å². The second-order valence-corrected chi connectivity index (χ2v) is 8.11. The van der Waals surface area contributed by atoms with Crippen LogP contribution in [0.25, 0.3) is 0 Å². The van der Waals surface area contributed by atoms with Gasteiger partial charge >= 0.3 is 0 Å². The van der Waals surface area contributed by atoms with Crippen LogP contribution in [0.15, 0.2) is 36.5 Å². The summed E-state index contributed by atoms with van der Waals surface area (Å²) in [5, 5.41) is 8.77. The van der Waals surface area contributed by atoms with Crippen LogP contribution < -0.4 is 0 Å². The van der Waals surface area contributed by atoms with Gasteiger partial charge in [0.05, 0.1) is 10.7 Å². The Morgan fingerprint density at radius 2 is 1.85 bits per heavy atom. The Hall–Kier alpha value is -0.120. The van der Waals surface area contributed by atoms with E-state index in [1.165, 1.54) is 43.6 Å². The van der Waals surface area contributed by atoms with Gasteiger partial charge in [0, 0.05) is 0 Å². The van der Waals surface area contributed by atoms with Crippen molar-refractivity contribution in [3.63, 3.8) is 0 Å². The van der Waals surface area contributed by atoms with Crippen LogP contribution in [-0.4, -0.2) is 27.3 Å². The molecule has 1 aliphatic rings. The van der Waals surface area contributed by atoms with Crippen molar-refractivity contribution in [2.24, 2.45) is 0 Å². The van der Waals surface area contributed by atoms with Gasteiger partial charge in [-0.25, -0.2) is 0 Å². The van der Waals surface area contributed by atoms with E-state index in [1.807, 2.05) is 6.08 Å². The molecule has 1 fully saturated rings. The van der Waals surface area contributed by atoms with Crippen LogP contribution in [-0.2, 0) is 0 Å². The molecule has 0 aromatic carbocycles. The van der Waals surface area contributed by atoms with Crippen LogP contribution in [0.2, 0.25) is 0 Å². The second-order valence-electron chi connectivity index (χ2n) is 5.00. The van der Waals surface area contributed by atoms with Gasteiger partial charge in [-0.2, -0.15) is 0 Å². The molecule has 1 nitrogen and oxygen atoms in total. The summed E-state index contributed by atoms with van der Waals surface area (Å²) in [6, 6.07) is 0. The number of aliphatic hydroxyl groups is 1. The Morgan fingerprint density at radius 1 is 1.05 bits per heavy atom. The van der Waals surface area contributed by atoms with Gasteiger partial charge in [-0.3, -0.25) is 0 Å². The summed E-state index contributed by atoms with van der Waals surface area (Å²) in [6.07, 6.45) is 20.4. The van der Waals surface area contributed by atoms with Crippen molar-refractivity contribution in [3.05, 3.63) is 36.5 Å². The molecule has 3 heteroatoms. The van der Waals surface area contributed by atoms with Crippen molar-refractivity contribution in [3.8, 4) is 0 Å². The van der Waals surface area contributed by atoms with Gasteiger partial charge in [0.15, 0.2) is 0 Å². The highest BCUT2D eigenvalue weighted by Crippen LogP contribution is 2.46. The summed E-state index contributed by atoms with van der Waals surface area (Å²) in [6.45, 7) is 2.37. The monoisotopic (exact) mass is 312 g/mol. The molecule has 0 spiro atoms. The predicted octanol–water partition coefficient (Wildman–Crippen LogP) is 5.18. The Bertz CT molecular complexity index is 315. The average Bonchev–Trinajstić information content (AvgIpc) is 2.48. The van der Waals surface area contributed by atoms with Gasteiger partial charge in [0.25, 0.3) is 0 Å². The fourth-order valence-corrected chi connectivity index (χ4v) is 5.15. The number of thioether (sulfide) groups is 2. The van der Waals surface area contributed by atoms with Gasteiger partial charge in [0.2, 0.25) is 0 Å². The largest absolute Gasteiger partial charge is 0.392 e. The van der Waals surface area contributed by atoms with Crippen molar-refractivity contribution in [1.82, 2.24) is 0 Å². The number of hydrogen-bond acceptors (Lipinski definition) is 3. The summed E-state index contributed by atoms with van der Waals surface area (Å²) < 4.78 is 0.208. The maximum absolute atomic E-state index is 8.77. The molecule has 1 rings (SSSR count). The minimum Gasteiger partial charge on any atom is -0.392 e. The summed E-state index contributed by atoms with van der Waals surface area (Å²) in [5.74, 6) is 2.51. The molecule has 1 saturated heterocycles. The molecule has 0 atom stereocenters. The summed E-state index contributed by atoms with van der Waals surface area (Å²) in [4.78, 5) is 0. The molecule has 0 saturated carbocycles. The van der Waals surface area contributed by atoms with Gasteiger partial charge in [0.1, 0.15) is 0 Å². The molecule has 1 aliphatic heterocycles. The normalized spacial score (nSPS) is 19.5. The van der Waals surface area contributed by atoms with E-state index in [2.05, 4.69) is 54.8 Å². The van der Waals surface area contributed by atoms with Crippen LogP contribution in [0.5, 0.6) is 0 Å². The minimum atomic E-state index is 0.120. The first-order valence-electron chi connectivity index (χ1n) is 7.71. The molecule has 0 aliphatic carbocycles. The van der Waals surface area contributed by atoms with Gasteiger partial charge in [-0.05, 0) is 37.2 Å². The molecule has 114 valence electrons. The molecular weight excluding hydrogens is 284 g/mol. The predicted molar refractivity (Wildman–Crippen MR) is 95.5 cm³/mol. The topological polar surface area (TPSA) is 20.2 Å². The zero-order valence-electron chi connectivity index (χ0n) is 12.6. The van der Waals surface area contributed by atoms with E-state index in [4.69, 9.17) is 5.11 Å². The van der Waals surface area contributed by atoms with Gasteiger partial charge in [-0.1, -0.05) is 56.2 Å². The van der Waals surface area contributed by atoms with Crippen LogP contribution in [0, 0.1) is 0 Å². The highest BCUT2D eigenvalue weighted by molar-refractivity contribution is 8.19. The molecule has 0 aromatic rings. The molecule has 1 N–H and O–H groups in total. The number of unbranched alkanes of at least 4 members (excludes halogenated alkanes) is 3. The van der Waals surface area contributed by atoms with E-state index in [9.17, 15) is 0 Å². The summed E-state index contributed by atoms with van der Waals surface area (Å²) >= 11 is 4.13. The number of hydrogen-bond donors (Lipinski definition) is 1. The fraction of sp³-hybridized carbons (Fsp3) is 0.647. The van der Waals surface area contributed by atoms with E-state index < -0.39 is 0 Å². The Morgan fingerprint density at radius 3 is 2.55 bits per heavy atom. The highest BCUT2D eigenvalue weighted by atomic mass is 32.2. The SMILES string of the molecule is CCCCC/C=C\CC1(/C=C/C=C/CO)SCCCS1. The van der Waals surface area contributed by atoms with Crippen molar-refractivity contribution in [2.45, 2.75) is 49.5 Å². The van der Waals surface area contributed by atoms with Gasteiger partial charge in [-0.15, -0.1) is 23.5 Å². The first kappa shape index (κ1) is 17.9. The lowest BCUT2D eigenvalue weighted by Gasteiger charge is -2.32. The lowest BCUT2D eigenvalue weighted by molar-refractivity contribution is 0.343. The minimum absolute atomic E-state index is 0.120. The van der Waals surface area contributed by atoms with Crippen LogP contribution in [0.1, 0.15) is 45.4 Å². The number of allylic oxidation sites excluding steroid dienone is 4. The van der Waals surface area contributed by atoms with E-state index in [-0.39, 0.29) is 10.7 Å². The quantitative estimate of drug-likeness (QED) is 0.360. The standard InChI is InChI=1S/C17H28OS2/c1-2-3-4-5-6-8-12-17(13-9-7-10-14-18)19-15-11-16-20-17/h6-10,13,18H,2-5,11-12,14-16H2,1H3/b8-6-,10-7+,13-9+. The number of aliphatic hydroxyl groups excluding tert-OH is 1. The molecule has 0 aromatic heterocycles. The van der Waals surface area contributed by atoms with Crippen molar-refractivity contribution >= 4 is 23.5 Å². The molecule has 20 heavy (non-hydrogen) atoms.